The molecule has 0 amide bonds. The monoisotopic (exact) mass is 310 g/mol. The van der Waals surface area contributed by atoms with Crippen molar-refractivity contribution >= 4 is 22.9 Å². The fourth-order valence-corrected chi connectivity index (χ4v) is 4.08. The van der Waals surface area contributed by atoms with Crippen LogP contribution in [-0.2, 0) is 12.8 Å². The number of nitrogens with zero attached hydrogens (tertiary/aromatic N) is 1. The molecule has 1 atom stereocenters. The fourth-order valence-electron chi connectivity index (χ4n) is 2.64. The van der Waals surface area contributed by atoms with Crippen LogP contribution in [0.15, 0.2) is 18.2 Å². The smallest absolute Gasteiger partial charge is 0.129 e. The first-order valence-electron chi connectivity index (χ1n) is 6.79. The van der Waals surface area contributed by atoms with E-state index in [4.69, 9.17) is 16.6 Å². The maximum atomic E-state index is 14.1. The molecule has 0 saturated carbocycles. The molecule has 1 unspecified atom stereocenters. The number of fused-ring (bicyclic) bond motifs is 1. The van der Waals surface area contributed by atoms with Crippen LogP contribution in [0.3, 0.4) is 0 Å². The number of aromatic nitrogens is 1. The molecule has 1 N–H and O–H groups in total. The number of halogens is 2. The second kappa shape index (κ2) is 5.80. The van der Waals surface area contributed by atoms with Gasteiger partial charge in [-0.05, 0) is 44.9 Å². The van der Waals surface area contributed by atoms with E-state index in [0.29, 0.717) is 10.6 Å². The van der Waals surface area contributed by atoms with Crippen LogP contribution in [0.4, 0.5) is 4.39 Å². The van der Waals surface area contributed by atoms with Crippen molar-refractivity contribution in [2.45, 2.75) is 31.7 Å². The first-order valence-corrected chi connectivity index (χ1v) is 7.99. The molecule has 2 aromatic rings. The van der Waals surface area contributed by atoms with Gasteiger partial charge in [0.05, 0.1) is 11.7 Å². The Morgan fingerprint density at radius 1 is 1.35 bits per heavy atom. The van der Waals surface area contributed by atoms with Crippen LogP contribution in [-0.4, -0.2) is 12.0 Å². The fraction of sp³-hybridized carbons (Fsp3) is 0.400. The number of nitrogens with one attached hydrogen (secondary N) is 1. The van der Waals surface area contributed by atoms with Gasteiger partial charge in [-0.1, -0.05) is 17.7 Å². The zero-order valence-electron chi connectivity index (χ0n) is 11.2. The second-order valence-corrected chi connectivity index (χ2v) is 6.57. The van der Waals surface area contributed by atoms with Crippen LogP contribution in [0.25, 0.3) is 0 Å². The number of hydrogen-bond donors (Lipinski definition) is 1. The van der Waals surface area contributed by atoms with E-state index in [-0.39, 0.29) is 11.9 Å². The lowest BCUT2D eigenvalue weighted by Gasteiger charge is -2.14. The summed E-state index contributed by atoms with van der Waals surface area (Å²) >= 11 is 7.52. The summed E-state index contributed by atoms with van der Waals surface area (Å²) in [7, 11) is 1.83. The molecule has 1 heterocycles. The van der Waals surface area contributed by atoms with Crippen molar-refractivity contribution in [1.82, 2.24) is 10.3 Å². The molecule has 0 spiro atoms. The van der Waals surface area contributed by atoms with Crippen LogP contribution >= 0.6 is 22.9 Å². The van der Waals surface area contributed by atoms with E-state index in [1.165, 1.54) is 29.5 Å². The van der Waals surface area contributed by atoms with Gasteiger partial charge in [0.1, 0.15) is 10.8 Å². The third kappa shape index (κ3) is 2.60. The highest BCUT2D eigenvalue weighted by Gasteiger charge is 2.23. The van der Waals surface area contributed by atoms with Crippen LogP contribution < -0.4 is 5.32 Å². The van der Waals surface area contributed by atoms with E-state index >= 15 is 0 Å². The van der Waals surface area contributed by atoms with Gasteiger partial charge < -0.3 is 5.32 Å². The van der Waals surface area contributed by atoms with Crippen LogP contribution in [0, 0.1) is 5.82 Å². The first kappa shape index (κ1) is 14.0. The number of aryl methyl sites for hydroxylation is 2. The van der Waals surface area contributed by atoms with Gasteiger partial charge in [0, 0.05) is 15.5 Å². The van der Waals surface area contributed by atoms with Gasteiger partial charge >= 0.3 is 0 Å². The molecule has 0 aliphatic heterocycles. The van der Waals surface area contributed by atoms with E-state index < -0.39 is 0 Å². The van der Waals surface area contributed by atoms with Gasteiger partial charge in [0.25, 0.3) is 0 Å². The van der Waals surface area contributed by atoms with Crippen molar-refractivity contribution < 1.29 is 4.39 Å². The summed E-state index contributed by atoms with van der Waals surface area (Å²) in [6.45, 7) is 0. The summed E-state index contributed by atoms with van der Waals surface area (Å²) in [5.41, 5.74) is 1.80. The van der Waals surface area contributed by atoms with E-state index in [9.17, 15) is 4.39 Å². The molecule has 0 fully saturated rings. The van der Waals surface area contributed by atoms with Gasteiger partial charge in [0.2, 0.25) is 0 Å². The molecule has 2 nitrogen and oxygen atoms in total. The van der Waals surface area contributed by atoms with Crippen LogP contribution in [0.2, 0.25) is 5.02 Å². The Balaban J connectivity index is 1.98. The summed E-state index contributed by atoms with van der Waals surface area (Å²) in [5, 5.41) is 4.53. The van der Waals surface area contributed by atoms with E-state index in [0.717, 1.165) is 17.8 Å². The highest BCUT2D eigenvalue weighted by Crippen LogP contribution is 2.33. The second-order valence-electron chi connectivity index (χ2n) is 5.02. The predicted molar refractivity (Wildman–Crippen MR) is 81.1 cm³/mol. The number of thiazole rings is 1. The van der Waals surface area contributed by atoms with E-state index in [1.807, 2.05) is 7.05 Å². The minimum atomic E-state index is -0.287. The molecule has 0 bridgehead atoms. The standard InChI is InChI=1S/C15H16ClFN2S/c1-18-14(10-7-6-9(16)8-11(10)17)15-19-12-4-2-3-5-13(12)20-15/h6-8,14,18H,2-5H2,1H3. The molecule has 3 rings (SSSR count). The molecule has 1 aliphatic rings. The van der Waals surface area contributed by atoms with Gasteiger partial charge in [-0.2, -0.15) is 0 Å². The third-order valence-electron chi connectivity index (χ3n) is 3.67. The Bertz CT molecular complexity index is 603. The van der Waals surface area contributed by atoms with Crippen molar-refractivity contribution in [3.63, 3.8) is 0 Å². The predicted octanol–water partition coefficient (Wildman–Crippen LogP) is 4.12. The summed E-state index contributed by atoms with van der Waals surface area (Å²) in [6, 6.07) is 4.61. The Kier molecular flexibility index (Phi) is 4.06. The van der Waals surface area contributed by atoms with Crippen LogP contribution in [0.1, 0.15) is 40.0 Å². The molecule has 0 radical (unpaired) electrons. The summed E-state index contributed by atoms with van der Waals surface area (Å²) < 4.78 is 14.1. The molecular formula is C15H16ClFN2S. The normalized spacial score (nSPS) is 15.9. The zero-order chi connectivity index (χ0) is 14.1. The average molecular weight is 311 g/mol. The largest absolute Gasteiger partial charge is 0.307 e. The Hall–Kier alpha value is -0.970. The number of hydrogen-bond acceptors (Lipinski definition) is 3. The average Bonchev–Trinajstić information content (AvgIpc) is 2.85. The van der Waals surface area contributed by atoms with Crippen molar-refractivity contribution in [2.24, 2.45) is 0 Å². The Morgan fingerprint density at radius 3 is 2.85 bits per heavy atom. The summed E-state index contributed by atoms with van der Waals surface area (Å²) in [5.74, 6) is -0.287. The van der Waals surface area contributed by atoms with Gasteiger partial charge in [-0.15, -0.1) is 11.3 Å². The Morgan fingerprint density at radius 2 is 2.15 bits per heavy atom. The van der Waals surface area contributed by atoms with Crippen molar-refractivity contribution in [3.8, 4) is 0 Å². The Labute approximate surface area is 127 Å². The number of rotatable bonds is 3. The van der Waals surface area contributed by atoms with Gasteiger partial charge in [0.15, 0.2) is 0 Å². The highest BCUT2D eigenvalue weighted by molar-refractivity contribution is 7.11. The molecule has 1 aromatic heterocycles. The quantitative estimate of drug-likeness (QED) is 0.922. The molecule has 106 valence electrons. The molecule has 1 aromatic carbocycles. The first-order chi connectivity index (χ1) is 9.69. The van der Waals surface area contributed by atoms with Gasteiger partial charge in [-0.3, -0.25) is 0 Å². The van der Waals surface area contributed by atoms with E-state index in [2.05, 4.69) is 5.32 Å². The topological polar surface area (TPSA) is 24.9 Å². The lowest BCUT2D eigenvalue weighted by Crippen LogP contribution is -2.18. The lowest BCUT2D eigenvalue weighted by molar-refractivity contribution is 0.574. The van der Waals surface area contributed by atoms with Crippen molar-refractivity contribution in [3.05, 3.63) is 50.2 Å². The molecule has 5 heteroatoms. The molecule has 20 heavy (non-hydrogen) atoms. The molecule has 1 aliphatic carbocycles. The SMILES string of the molecule is CNC(c1nc2c(s1)CCCC2)c1ccc(Cl)cc1F. The van der Waals surface area contributed by atoms with Crippen LogP contribution in [0.5, 0.6) is 0 Å². The molecule has 0 saturated heterocycles. The van der Waals surface area contributed by atoms with Gasteiger partial charge in [-0.25, -0.2) is 9.37 Å². The zero-order valence-corrected chi connectivity index (χ0v) is 12.8. The van der Waals surface area contributed by atoms with Crippen molar-refractivity contribution in [1.29, 1.82) is 0 Å². The minimum Gasteiger partial charge on any atom is -0.307 e. The minimum absolute atomic E-state index is 0.206. The molecular weight excluding hydrogens is 295 g/mol. The third-order valence-corrected chi connectivity index (χ3v) is 5.13. The van der Waals surface area contributed by atoms with Crippen molar-refractivity contribution in [2.75, 3.05) is 7.05 Å². The highest BCUT2D eigenvalue weighted by atomic mass is 35.5. The summed E-state index contributed by atoms with van der Waals surface area (Å²) in [4.78, 5) is 6.08. The number of benzene rings is 1. The lowest BCUT2D eigenvalue weighted by atomic mass is 10.0. The van der Waals surface area contributed by atoms with E-state index in [1.54, 1.807) is 23.5 Å². The maximum Gasteiger partial charge on any atom is 0.129 e. The maximum absolute atomic E-state index is 14.1. The summed E-state index contributed by atoms with van der Waals surface area (Å²) in [6.07, 6.45) is 4.59.